The van der Waals surface area contributed by atoms with Crippen molar-refractivity contribution in [1.29, 1.82) is 0 Å². The topological polar surface area (TPSA) is 52.5 Å². The molecule has 1 saturated heterocycles. The normalized spacial score (nSPS) is 21.1. The second-order valence-electron chi connectivity index (χ2n) is 6.80. The summed E-state index contributed by atoms with van der Waals surface area (Å²) in [7, 11) is 6.31. The first-order chi connectivity index (χ1) is 11.0. The number of piperazine rings is 1. The molecule has 2 atom stereocenters. The highest BCUT2D eigenvalue weighted by atomic mass is 16.2. The summed E-state index contributed by atoms with van der Waals surface area (Å²) >= 11 is 0. The lowest BCUT2D eigenvalue weighted by Gasteiger charge is -2.37. The number of aryl methyl sites for hydroxylation is 2. The van der Waals surface area contributed by atoms with Crippen LogP contribution in [0.3, 0.4) is 0 Å². The van der Waals surface area contributed by atoms with Gasteiger partial charge >= 0.3 is 6.03 Å². The van der Waals surface area contributed by atoms with Crippen LogP contribution in [0.25, 0.3) is 0 Å². The van der Waals surface area contributed by atoms with Gasteiger partial charge in [-0.05, 0) is 46.0 Å². The fourth-order valence-corrected chi connectivity index (χ4v) is 3.00. The predicted molar refractivity (Wildman–Crippen MR) is 93.6 cm³/mol. The van der Waals surface area contributed by atoms with Gasteiger partial charge < -0.3 is 20.1 Å². The van der Waals surface area contributed by atoms with Crippen LogP contribution in [0.1, 0.15) is 19.0 Å². The zero-order chi connectivity index (χ0) is 16.8. The minimum atomic E-state index is -0.0639. The molecule has 1 fully saturated rings. The Hall–Kier alpha value is -1.53. The third-order valence-corrected chi connectivity index (χ3v) is 4.74. The number of hydrogen-bond donors (Lipinski definition) is 2. The Bertz CT molecular complexity index is 501. The first-order valence-electron chi connectivity index (χ1n) is 8.49. The highest BCUT2D eigenvalue weighted by molar-refractivity contribution is 5.74. The van der Waals surface area contributed by atoms with Gasteiger partial charge in [0.05, 0.1) is 0 Å². The number of nitrogens with zero attached hydrogens (tertiary/aromatic N) is 3. The molecule has 23 heavy (non-hydrogen) atoms. The standard InChI is InChI=1S/C17H31N5O/c1-14(7-8-15-6-5-9-21(15)3)19-17(23)18-12-16-13-20(2)10-11-22(16)4/h5-6,9,14,16H,7-8,10-13H2,1-4H3,(H2,18,19,23)/t14-,16-/m1/s1. The molecule has 0 bridgehead atoms. The highest BCUT2D eigenvalue weighted by Gasteiger charge is 2.22. The maximum Gasteiger partial charge on any atom is 0.315 e. The lowest BCUT2D eigenvalue weighted by atomic mass is 10.1. The molecule has 0 unspecified atom stereocenters. The Kier molecular flexibility index (Phi) is 6.47. The van der Waals surface area contributed by atoms with E-state index in [4.69, 9.17) is 0 Å². The molecule has 2 heterocycles. The fourth-order valence-electron chi connectivity index (χ4n) is 3.00. The summed E-state index contributed by atoms with van der Waals surface area (Å²) in [5, 5.41) is 6.05. The van der Waals surface area contributed by atoms with E-state index in [2.05, 4.69) is 71.4 Å². The fraction of sp³-hybridized carbons (Fsp3) is 0.706. The van der Waals surface area contributed by atoms with Crippen molar-refractivity contribution >= 4 is 6.03 Å². The quantitative estimate of drug-likeness (QED) is 0.818. The number of hydrogen-bond acceptors (Lipinski definition) is 3. The third kappa shape index (κ3) is 5.55. The zero-order valence-corrected chi connectivity index (χ0v) is 14.9. The minimum absolute atomic E-state index is 0.0639. The number of likely N-dealkylation sites (N-methyl/N-ethyl adjacent to an activating group) is 2. The van der Waals surface area contributed by atoms with E-state index in [0.717, 1.165) is 32.5 Å². The lowest BCUT2D eigenvalue weighted by molar-refractivity contribution is 0.114. The van der Waals surface area contributed by atoms with E-state index in [1.165, 1.54) is 5.69 Å². The molecule has 1 aromatic rings. The van der Waals surface area contributed by atoms with Crippen LogP contribution >= 0.6 is 0 Å². The van der Waals surface area contributed by atoms with Crippen LogP contribution in [-0.4, -0.2) is 72.8 Å². The largest absolute Gasteiger partial charge is 0.354 e. The number of carbonyl (C=O) groups is 1. The van der Waals surface area contributed by atoms with Gasteiger partial charge in [-0.2, -0.15) is 0 Å². The van der Waals surface area contributed by atoms with Crippen molar-refractivity contribution in [2.24, 2.45) is 7.05 Å². The summed E-state index contributed by atoms with van der Waals surface area (Å²) in [6, 6.07) is 4.67. The van der Waals surface area contributed by atoms with Crippen molar-refractivity contribution in [1.82, 2.24) is 25.0 Å². The Morgan fingerprint density at radius 1 is 1.35 bits per heavy atom. The summed E-state index contributed by atoms with van der Waals surface area (Å²) in [5.74, 6) is 0. The van der Waals surface area contributed by atoms with Gasteiger partial charge in [0, 0.05) is 57.2 Å². The van der Waals surface area contributed by atoms with Gasteiger partial charge in [-0.25, -0.2) is 4.79 Å². The van der Waals surface area contributed by atoms with Gasteiger partial charge in [0.1, 0.15) is 0 Å². The van der Waals surface area contributed by atoms with Gasteiger partial charge in [0.25, 0.3) is 0 Å². The molecule has 0 aromatic carbocycles. The molecule has 6 heteroatoms. The number of aromatic nitrogens is 1. The smallest absolute Gasteiger partial charge is 0.315 e. The first-order valence-corrected chi connectivity index (χ1v) is 8.49. The molecule has 6 nitrogen and oxygen atoms in total. The summed E-state index contributed by atoms with van der Waals surface area (Å²) in [6.07, 6.45) is 3.97. The van der Waals surface area contributed by atoms with Crippen molar-refractivity contribution in [2.45, 2.75) is 31.8 Å². The molecule has 2 amide bonds. The van der Waals surface area contributed by atoms with E-state index in [9.17, 15) is 4.79 Å². The molecule has 0 spiro atoms. The van der Waals surface area contributed by atoms with E-state index in [1.54, 1.807) is 0 Å². The maximum atomic E-state index is 12.1. The molecule has 0 saturated carbocycles. The summed E-state index contributed by atoms with van der Waals surface area (Å²) in [6.45, 7) is 5.90. The van der Waals surface area contributed by atoms with Crippen LogP contribution in [0, 0.1) is 0 Å². The van der Waals surface area contributed by atoms with Crippen LogP contribution in [0.4, 0.5) is 4.79 Å². The minimum Gasteiger partial charge on any atom is -0.354 e. The number of rotatable bonds is 6. The molecule has 0 aliphatic carbocycles. The molecule has 2 N–H and O–H groups in total. The molecular weight excluding hydrogens is 290 g/mol. The Morgan fingerprint density at radius 2 is 2.13 bits per heavy atom. The van der Waals surface area contributed by atoms with Crippen LogP contribution in [0.5, 0.6) is 0 Å². The van der Waals surface area contributed by atoms with Crippen molar-refractivity contribution in [3.05, 3.63) is 24.0 Å². The average molecular weight is 321 g/mol. The van der Waals surface area contributed by atoms with E-state index in [-0.39, 0.29) is 12.1 Å². The predicted octanol–water partition coefficient (Wildman–Crippen LogP) is 0.891. The molecule has 130 valence electrons. The van der Waals surface area contributed by atoms with Crippen molar-refractivity contribution in [3.8, 4) is 0 Å². The van der Waals surface area contributed by atoms with Gasteiger partial charge in [0.15, 0.2) is 0 Å². The summed E-state index contributed by atoms with van der Waals surface area (Å²) in [5.41, 5.74) is 1.30. The Balaban J connectivity index is 1.66. The molecule has 1 aliphatic heterocycles. The van der Waals surface area contributed by atoms with Crippen LogP contribution in [0.2, 0.25) is 0 Å². The molecule has 2 rings (SSSR count). The molecule has 1 aliphatic rings. The number of carbonyl (C=O) groups excluding carboxylic acids is 1. The number of urea groups is 1. The van der Waals surface area contributed by atoms with Crippen molar-refractivity contribution in [2.75, 3.05) is 40.3 Å². The average Bonchev–Trinajstić information content (AvgIpc) is 2.91. The third-order valence-electron chi connectivity index (χ3n) is 4.74. The monoisotopic (exact) mass is 321 g/mol. The van der Waals surface area contributed by atoms with E-state index < -0.39 is 0 Å². The second-order valence-corrected chi connectivity index (χ2v) is 6.80. The van der Waals surface area contributed by atoms with Crippen LogP contribution < -0.4 is 10.6 Å². The zero-order valence-electron chi connectivity index (χ0n) is 14.9. The van der Waals surface area contributed by atoms with Gasteiger partial charge in [-0.1, -0.05) is 0 Å². The molecular formula is C17H31N5O. The Morgan fingerprint density at radius 3 is 2.83 bits per heavy atom. The van der Waals surface area contributed by atoms with Crippen molar-refractivity contribution < 1.29 is 4.79 Å². The second kappa shape index (κ2) is 8.36. The Labute approximate surface area is 139 Å². The lowest BCUT2D eigenvalue weighted by Crippen LogP contribution is -2.55. The van der Waals surface area contributed by atoms with Gasteiger partial charge in [0.2, 0.25) is 0 Å². The summed E-state index contributed by atoms with van der Waals surface area (Å²) in [4.78, 5) is 16.7. The van der Waals surface area contributed by atoms with Gasteiger partial charge in [-0.3, -0.25) is 4.90 Å². The number of amides is 2. The van der Waals surface area contributed by atoms with E-state index >= 15 is 0 Å². The number of nitrogens with one attached hydrogen (secondary N) is 2. The van der Waals surface area contributed by atoms with Crippen LogP contribution in [-0.2, 0) is 13.5 Å². The van der Waals surface area contributed by atoms with Crippen molar-refractivity contribution in [3.63, 3.8) is 0 Å². The SMILES string of the molecule is C[C@H](CCc1cccn1C)NC(=O)NC[C@@H]1CN(C)CCN1C. The maximum absolute atomic E-state index is 12.1. The van der Waals surface area contributed by atoms with E-state index in [0.29, 0.717) is 12.6 Å². The first kappa shape index (κ1) is 17.8. The molecule has 1 aromatic heterocycles. The van der Waals surface area contributed by atoms with Gasteiger partial charge in [-0.15, -0.1) is 0 Å². The van der Waals surface area contributed by atoms with E-state index in [1.807, 2.05) is 0 Å². The summed E-state index contributed by atoms with van der Waals surface area (Å²) < 4.78 is 2.13. The highest BCUT2D eigenvalue weighted by Crippen LogP contribution is 2.06. The molecule has 0 radical (unpaired) electrons. The van der Waals surface area contributed by atoms with Crippen LogP contribution in [0.15, 0.2) is 18.3 Å².